The Bertz CT molecular complexity index is 371. The van der Waals surface area contributed by atoms with Crippen molar-refractivity contribution in [3.63, 3.8) is 0 Å². The molecule has 90 valence electrons. The summed E-state index contributed by atoms with van der Waals surface area (Å²) < 4.78 is 0. The third kappa shape index (κ3) is 2.73. The first-order chi connectivity index (χ1) is 7.43. The second kappa shape index (κ2) is 4.98. The number of aromatic nitrogens is 2. The number of anilines is 1. The van der Waals surface area contributed by atoms with Crippen molar-refractivity contribution in [2.24, 2.45) is 0 Å². The van der Waals surface area contributed by atoms with Gasteiger partial charge in [-0.25, -0.2) is 0 Å². The van der Waals surface area contributed by atoms with Crippen molar-refractivity contribution in [1.82, 2.24) is 20.0 Å². The summed E-state index contributed by atoms with van der Waals surface area (Å²) in [5.41, 5.74) is 7.21. The van der Waals surface area contributed by atoms with Gasteiger partial charge in [-0.2, -0.15) is 5.10 Å². The molecule has 0 spiro atoms. The maximum atomic E-state index is 11.9. The lowest BCUT2D eigenvalue weighted by Crippen LogP contribution is -2.34. The average Bonchev–Trinajstić information content (AvgIpc) is 2.55. The van der Waals surface area contributed by atoms with Gasteiger partial charge in [0.05, 0.1) is 11.4 Å². The molecule has 0 saturated heterocycles. The molecule has 0 aliphatic heterocycles. The van der Waals surface area contributed by atoms with Crippen LogP contribution in [0, 0.1) is 6.92 Å². The predicted octanol–water partition coefficient (Wildman–Crippen LogP) is -0.0661. The Morgan fingerprint density at radius 1 is 1.38 bits per heavy atom. The minimum Gasteiger partial charge on any atom is -0.395 e. The number of rotatable bonds is 4. The van der Waals surface area contributed by atoms with Gasteiger partial charge < -0.3 is 15.5 Å². The molecule has 0 aromatic carbocycles. The van der Waals surface area contributed by atoms with Crippen LogP contribution < -0.4 is 5.73 Å². The van der Waals surface area contributed by atoms with Crippen molar-refractivity contribution in [1.29, 1.82) is 0 Å². The second-order valence-corrected chi connectivity index (χ2v) is 4.14. The molecule has 6 nitrogen and oxygen atoms in total. The zero-order chi connectivity index (χ0) is 12.3. The van der Waals surface area contributed by atoms with E-state index in [1.807, 2.05) is 19.0 Å². The van der Waals surface area contributed by atoms with Gasteiger partial charge in [0.1, 0.15) is 0 Å². The van der Waals surface area contributed by atoms with Crippen LogP contribution in [0.1, 0.15) is 16.2 Å². The molecule has 16 heavy (non-hydrogen) atoms. The van der Waals surface area contributed by atoms with Crippen LogP contribution in [-0.4, -0.2) is 60.1 Å². The van der Waals surface area contributed by atoms with Gasteiger partial charge in [0.2, 0.25) is 0 Å². The number of hydrogen-bond acceptors (Lipinski definition) is 4. The molecule has 0 aliphatic carbocycles. The van der Waals surface area contributed by atoms with Gasteiger partial charge in [0, 0.05) is 20.1 Å². The van der Waals surface area contributed by atoms with E-state index in [4.69, 9.17) is 5.73 Å². The summed E-state index contributed by atoms with van der Waals surface area (Å²) in [6, 6.07) is 0. The molecule has 1 aromatic heterocycles. The number of aryl methyl sites for hydroxylation is 1. The third-order valence-electron chi connectivity index (χ3n) is 2.43. The number of nitrogen functional groups attached to an aromatic ring is 1. The summed E-state index contributed by atoms with van der Waals surface area (Å²) in [7, 11) is 5.67. The molecule has 1 aromatic rings. The van der Waals surface area contributed by atoms with E-state index in [1.54, 1.807) is 18.9 Å². The van der Waals surface area contributed by atoms with E-state index in [0.717, 1.165) is 12.2 Å². The van der Waals surface area contributed by atoms with Crippen LogP contribution in [0.25, 0.3) is 0 Å². The van der Waals surface area contributed by atoms with Gasteiger partial charge in [-0.15, -0.1) is 0 Å². The average molecular weight is 225 g/mol. The molecule has 1 amide bonds. The number of nitrogens with two attached hydrogens (primary N) is 1. The molecule has 0 atom stereocenters. The number of carbonyl (C=O) groups excluding carboxylic acids is 1. The summed E-state index contributed by atoms with van der Waals surface area (Å²) in [6.45, 7) is 3.25. The maximum absolute atomic E-state index is 11.9. The lowest BCUT2D eigenvalue weighted by molar-refractivity contribution is 0.0781. The second-order valence-electron chi connectivity index (χ2n) is 4.14. The van der Waals surface area contributed by atoms with Crippen molar-refractivity contribution >= 4 is 11.6 Å². The Kier molecular flexibility index (Phi) is 3.89. The molecular weight excluding hydrogens is 206 g/mol. The van der Waals surface area contributed by atoms with Gasteiger partial charge in [-0.05, 0) is 21.0 Å². The van der Waals surface area contributed by atoms with Crippen LogP contribution in [0.3, 0.4) is 0 Å². The molecule has 0 bridgehead atoms. The fourth-order valence-electron chi connectivity index (χ4n) is 1.23. The monoisotopic (exact) mass is 225 g/mol. The summed E-state index contributed by atoms with van der Waals surface area (Å²) in [5, 5.41) is 6.61. The highest BCUT2D eigenvalue weighted by Gasteiger charge is 2.18. The molecular formula is C10H19N5O. The highest BCUT2D eigenvalue weighted by molar-refractivity contribution is 5.97. The Morgan fingerprint density at radius 3 is 2.44 bits per heavy atom. The highest BCUT2D eigenvalue weighted by atomic mass is 16.2. The van der Waals surface area contributed by atoms with Crippen LogP contribution in [0.2, 0.25) is 0 Å². The predicted molar refractivity (Wildman–Crippen MR) is 63.3 cm³/mol. The van der Waals surface area contributed by atoms with Gasteiger partial charge in [-0.1, -0.05) is 0 Å². The molecule has 3 N–H and O–H groups in total. The molecule has 0 aliphatic rings. The first-order valence-electron chi connectivity index (χ1n) is 5.14. The Hall–Kier alpha value is -1.56. The van der Waals surface area contributed by atoms with E-state index in [0.29, 0.717) is 17.9 Å². The van der Waals surface area contributed by atoms with Gasteiger partial charge in [0.15, 0.2) is 5.69 Å². The Labute approximate surface area is 95.4 Å². The summed E-state index contributed by atoms with van der Waals surface area (Å²) in [6.07, 6.45) is 0. The summed E-state index contributed by atoms with van der Waals surface area (Å²) >= 11 is 0. The molecule has 0 radical (unpaired) electrons. The molecule has 1 rings (SSSR count). The van der Waals surface area contributed by atoms with Crippen LogP contribution in [0.15, 0.2) is 0 Å². The van der Waals surface area contributed by atoms with E-state index in [1.165, 1.54) is 0 Å². The minimum absolute atomic E-state index is 0.149. The molecule has 0 fully saturated rings. The molecule has 6 heteroatoms. The zero-order valence-corrected chi connectivity index (χ0v) is 10.2. The van der Waals surface area contributed by atoms with Crippen LogP contribution in [0.5, 0.6) is 0 Å². The number of amides is 1. The zero-order valence-electron chi connectivity index (χ0n) is 10.2. The topological polar surface area (TPSA) is 78.2 Å². The fraction of sp³-hybridized carbons (Fsp3) is 0.600. The number of likely N-dealkylation sites (N-methyl/N-ethyl adjacent to an activating group) is 2. The first-order valence-corrected chi connectivity index (χ1v) is 5.14. The number of aromatic amines is 1. The normalized spacial score (nSPS) is 10.8. The van der Waals surface area contributed by atoms with E-state index < -0.39 is 0 Å². The number of carbonyl (C=O) groups is 1. The third-order valence-corrected chi connectivity index (χ3v) is 2.43. The lowest BCUT2D eigenvalue weighted by Gasteiger charge is -2.18. The molecule has 0 saturated carbocycles. The summed E-state index contributed by atoms with van der Waals surface area (Å²) in [5.74, 6) is -0.149. The Morgan fingerprint density at radius 2 is 2.00 bits per heavy atom. The number of hydrogen-bond donors (Lipinski definition) is 2. The smallest absolute Gasteiger partial charge is 0.276 e. The highest BCUT2D eigenvalue weighted by Crippen LogP contribution is 2.13. The van der Waals surface area contributed by atoms with Crippen molar-refractivity contribution in [3.05, 3.63) is 11.4 Å². The largest absolute Gasteiger partial charge is 0.395 e. The Balaban J connectivity index is 2.67. The standard InChI is InChI=1S/C10H19N5O/c1-7-8(11)9(13-12-7)10(16)15(4)6-5-14(2)3/h5-6,11H2,1-4H3,(H,12,13). The number of nitrogens with one attached hydrogen (secondary N) is 1. The van der Waals surface area contributed by atoms with E-state index in [-0.39, 0.29) is 5.91 Å². The quantitative estimate of drug-likeness (QED) is 0.752. The van der Waals surface area contributed by atoms with E-state index in [2.05, 4.69) is 10.2 Å². The van der Waals surface area contributed by atoms with Crippen LogP contribution in [0.4, 0.5) is 5.69 Å². The minimum atomic E-state index is -0.149. The van der Waals surface area contributed by atoms with Crippen molar-refractivity contribution in [2.45, 2.75) is 6.92 Å². The van der Waals surface area contributed by atoms with Gasteiger partial charge in [-0.3, -0.25) is 9.89 Å². The van der Waals surface area contributed by atoms with Gasteiger partial charge >= 0.3 is 0 Å². The fourth-order valence-corrected chi connectivity index (χ4v) is 1.23. The maximum Gasteiger partial charge on any atom is 0.276 e. The van der Waals surface area contributed by atoms with Crippen molar-refractivity contribution in [2.75, 3.05) is 40.0 Å². The van der Waals surface area contributed by atoms with Crippen molar-refractivity contribution in [3.8, 4) is 0 Å². The molecule has 0 unspecified atom stereocenters. The number of nitrogens with zero attached hydrogens (tertiary/aromatic N) is 3. The van der Waals surface area contributed by atoms with E-state index >= 15 is 0 Å². The van der Waals surface area contributed by atoms with Gasteiger partial charge in [0.25, 0.3) is 5.91 Å². The van der Waals surface area contributed by atoms with Crippen LogP contribution >= 0.6 is 0 Å². The van der Waals surface area contributed by atoms with Crippen LogP contribution in [-0.2, 0) is 0 Å². The SMILES string of the molecule is Cc1[nH]nc(C(=O)N(C)CCN(C)C)c1N. The first kappa shape index (κ1) is 12.5. The van der Waals surface area contributed by atoms with E-state index in [9.17, 15) is 4.79 Å². The summed E-state index contributed by atoms with van der Waals surface area (Å²) in [4.78, 5) is 15.6. The lowest BCUT2D eigenvalue weighted by atomic mass is 10.3. The number of H-pyrrole nitrogens is 1. The molecule has 1 heterocycles. The van der Waals surface area contributed by atoms with Crippen molar-refractivity contribution < 1.29 is 4.79 Å².